The quantitative estimate of drug-likeness (QED) is 0.327. The molecule has 0 aromatic heterocycles. The fraction of sp³-hybridized carbons (Fsp3) is 0.231. The van der Waals surface area contributed by atoms with Gasteiger partial charge in [0.2, 0.25) is 0 Å². The smallest absolute Gasteiger partial charge is 0.327 e. The van der Waals surface area contributed by atoms with Crippen molar-refractivity contribution in [3.05, 3.63) is 107 Å². The fourth-order valence-electron chi connectivity index (χ4n) is 3.93. The third kappa shape index (κ3) is 5.20. The first-order chi connectivity index (χ1) is 15.1. The molecule has 4 rings (SSSR count). The molecule has 1 saturated heterocycles. The van der Waals surface area contributed by atoms with Gasteiger partial charge in [-0.3, -0.25) is 9.59 Å². The number of rotatable bonds is 7. The van der Waals surface area contributed by atoms with E-state index in [0.717, 1.165) is 23.1 Å². The van der Waals surface area contributed by atoms with Crippen molar-refractivity contribution in [1.29, 1.82) is 0 Å². The van der Waals surface area contributed by atoms with Gasteiger partial charge < -0.3 is 4.74 Å². The lowest BCUT2D eigenvalue weighted by Gasteiger charge is -2.39. The highest BCUT2D eigenvalue weighted by atomic mass is 35.5. The highest BCUT2D eigenvalue weighted by molar-refractivity contribution is 8.00. The van der Waals surface area contributed by atoms with Gasteiger partial charge in [0, 0.05) is 10.8 Å². The van der Waals surface area contributed by atoms with Crippen molar-refractivity contribution in [2.45, 2.75) is 35.9 Å². The Morgan fingerprint density at radius 2 is 1.58 bits per heavy atom. The van der Waals surface area contributed by atoms with Gasteiger partial charge >= 0.3 is 5.97 Å². The number of aryl methyl sites for hydroxylation is 1. The average Bonchev–Trinajstić information content (AvgIpc) is 2.78. The van der Waals surface area contributed by atoms with Crippen LogP contribution in [-0.2, 0) is 32.1 Å². The third-order valence-corrected chi connectivity index (χ3v) is 7.05. The highest BCUT2D eigenvalue weighted by Gasteiger charge is 2.47. The van der Waals surface area contributed by atoms with E-state index in [0.29, 0.717) is 17.2 Å². The monoisotopic (exact) mass is 450 g/mol. The molecule has 0 bridgehead atoms. The van der Waals surface area contributed by atoms with E-state index >= 15 is 0 Å². The number of benzene rings is 3. The Morgan fingerprint density at radius 3 is 2.26 bits per heavy atom. The molecule has 5 heteroatoms. The summed E-state index contributed by atoms with van der Waals surface area (Å²) in [6.07, 6.45) is 1.46. The predicted molar refractivity (Wildman–Crippen MR) is 125 cm³/mol. The van der Waals surface area contributed by atoms with E-state index in [1.807, 2.05) is 66.7 Å². The first-order valence-corrected chi connectivity index (χ1v) is 11.7. The molecule has 0 N–H and O–H groups in total. The number of carbonyl (C=O) groups excluding carboxylic acids is 2. The van der Waals surface area contributed by atoms with E-state index in [-0.39, 0.29) is 12.2 Å². The molecule has 3 aromatic rings. The highest BCUT2D eigenvalue weighted by Crippen LogP contribution is 2.41. The number of hydrogen-bond donors (Lipinski definition) is 0. The van der Waals surface area contributed by atoms with Gasteiger partial charge in [-0.1, -0.05) is 84.4 Å². The summed E-state index contributed by atoms with van der Waals surface area (Å²) in [7, 11) is 0. The molecule has 0 saturated carbocycles. The number of esters is 1. The molecule has 158 valence electrons. The average molecular weight is 451 g/mol. The van der Waals surface area contributed by atoms with Crippen molar-refractivity contribution in [1.82, 2.24) is 0 Å². The zero-order valence-electron chi connectivity index (χ0n) is 17.0. The second kappa shape index (κ2) is 9.71. The lowest BCUT2D eigenvalue weighted by Crippen LogP contribution is -2.47. The van der Waals surface area contributed by atoms with E-state index in [9.17, 15) is 9.59 Å². The third-order valence-electron chi connectivity index (χ3n) is 5.53. The van der Waals surface area contributed by atoms with Gasteiger partial charge in [-0.2, -0.15) is 0 Å². The molecule has 3 aromatic carbocycles. The Bertz CT molecular complexity index is 1030. The Labute approximate surface area is 191 Å². The molecule has 2 unspecified atom stereocenters. The number of ketones is 1. The molecule has 0 spiro atoms. The van der Waals surface area contributed by atoms with Crippen molar-refractivity contribution in [2.24, 2.45) is 0 Å². The minimum Gasteiger partial charge on any atom is -0.453 e. The van der Waals surface area contributed by atoms with Crippen molar-refractivity contribution >= 4 is 35.1 Å². The SMILES string of the molecule is O=C1CC(CCc2ccccc2)(c2ccccc2)OC(=O)C1SCc1cccc(Cl)c1. The molecule has 1 aliphatic rings. The van der Waals surface area contributed by atoms with Crippen LogP contribution in [0.1, 0.15) is 29.5 Å². The van der Waals surface area contributed by atoms with Crippen LogP contribution in [0.4, 0.5) is 0 Å². The molecule has 0 aliphatic carbocycles. The van der Waals surface area contributed by atoms with Gasteiger partial charge in [0.25, 0.3) is 0 Å². The summed E-state index contributed by atoms with van der Waals surface area (Å²) in [5.41, 5.74) is 2.06. The van der Waals surface area contributed by atoms with Gasteiger partial charge in [-0.25, -0.2) is 0 Å². The minimum absolute atomic E-state index is 0.0832. The summed E-state index contributed by atoms with van der Waals surface area (Å²) >= 11 is 7.35. The first-order valence-electron chi connectivity index (χ1n) is 10.3. The van der Waals surface area contributed by atoms with Crippen LogP contribution in [0.15, 0.2) is 84.9 Å². The van der Waals surface area contributed by atoms with E-state index in [1.54, 1.807) is 6.07 Å². The second-order valence-electron chi connectivity index (χ2n) is 7.73. The minimum atomic E-state index is -0.932. The summed E-state index contributed by atoms with van der Waals surface area (Å²) in [4.78, 5) is 26.1. The maximum absolute atomic E-state index is 13.1. The number of carbonyl (C=O) groups is 2. The van der Waals surface area contributed by atoms with E-state index < -0.39 is 16.8 Å². The normalized spacial score (nSPS) is 21.0. The van der Waals surface area contributed by atoms with E-state index in [4.69, 9.17) is 16.3 Å². The Kier molecular flexibility index (Phi) is 6.79. The fourth-order valence-corrected chi connectivity index (χ4v) is 5.14. The number of cyclic esters (lactones) is 1. The first kappa shape index (κ1) is 21.7. The van der Waals surface area contributed by atoms with Crippen LogP contribution in [0.2, 0.25) is 5.02 Å². The maximum Gasteiger partial charge on any atom is 0.327 e. The van der Waals surface area contributed by atoms with Crippen molar-refractivity contribution in [3.63, 3.8) is 0 Å². The van der Waals surface area contributed by atoms with Crippen LogP contribution >= 0.6 is 23.4 Å². The van der Waals surface area contributed by atoms with Crippen LogP contribution in [0.5, 0.6) is 0 Å². The van der Waals surface area contributed by atoms with Crippen LogP contribution in [0.25, 0.3) is 0 Å². The van der Waals surface area contributed by atoms with Crippen LogP contribution in [0.3, 0.4) is 0 Å². The molecule has 1 heterocycles. The van der Waals surface area contributed by atoms with Crippen molar-refractivity contribution in [3.8, 4) is 0 Å². The van der Waals surface area contributed by atoms with Crippen LogP contribution in [-0.4, -0.2) is 17.0 Å². The zero-order valence-corrected chi connectivity index (χ0v) is 18.6. The number of thioether (sulfide) groups is 1. The molecule has 3 nitrogen and oxygen atoms in total. The lowest BCUT2D eigenvalue weighted by molar-refractivity contribution is -0.171. The molecule has 1 fully saturated rings. The summed E-state index contributed by atoms with van der Waals surface area (Å²) in [6.45, 7) is 0. The van der Waals surface area contributed by atoms with Gasteiger partial charge in [0.15, 0.2) is 11.0 Å². The van der Waals surface area contributed by atoms with E-state index in [1.165, 1.54) is 11.8 Å². The zero-order chi connectivity index (χ0) is 21.7. The predicted octanol–water partition coefficient (Wildman–Crippen LogP) is 5.99. The topological polar surface area (TPSA) is 43.4 Å². The molecular formula is C26H23ClO3S. The molecule has 0 amide bonds. The number of halogens is 1. The summed E-state index contributed by atoms with van der Waals surface area (Å²) in [5.74, 6) is -0.0191. The standard InChI is InChI=1S/C26H23ClO3S/c27-22-13-7-10-20(16-22)18-31-24-23(28)17-26(30-25(24)29,21-11-5-2-6-12-21)15-14-19-8-3-1-4-9-19/h1-13,16,24H,14-15,17-18H2. The number of Topliss-reactive ketones (excluding diaryl/α,β-unsaturated/α-hetero) is 1. The molecule has 0 radical (unpaired) electrons. The van der Waals surface area contributed by atoms with E-state index in [2.05, 4.69) is 12.1 Å². The Hall–Kier alpha value is -2.56. The van der Waals surface area contributed by atoms with Crippen molar-refractivity contribution < 1.29 is 14.3 Å². The Balaban J connectivity index is 1.52. The number of ether oxygens (including phenoxy) is 1. The summed E-state index contributed by atoms with van der Waals surface area (Å²) in [6, 6.07) is 27.1. The number of hydrogen-bond acceptors (Lipinski definition) is 4. The van der Waals surface area contributed by atoms with Gasteiger partial charge in [-0.15, -0.1) is 11.8 Å². The summed E-state index contributed by atoms with van der Waals surface area (Å²) in [5, 5.41) is -0.174. The maximum atomic E-state index is 13.1. The molecule has 1 aliphatic heterocycles. The second-order valence-corrected chi connectivity index (χ2v) is 9.26. The molecule has 2 atom stereocenters. The largest absolute Gasteiger partial charge is 0.453 e. The molecular weight excluding hydrogens is 428 g/mol. The van der Waals surface area contributed by atoms with Crippen LogP contribution in [0, 0.1) is 0 Å². The Morgan fingerprint density at radius 1 is 0.903 bits per heavy atom. The summed E-state index contributed by atoms with van der Waals surface area (Å²) < 4.78 is 6.07. The van der Waals surface area contributed by atoms with Gasteiger partial charge in [0.1, 0.15) is 5.60 Å². The van der Waals surface area contributed by atoms with Crippen molar-refractivity contribution in [2.75, 3.05) is 0 Å². The van der Waals surface area contributed by atoms with Gasteiger partial charge in [-0.05, 0) is 41.7 Å². The van der Waals surface area contributed by atoms with Gasteiger partial charge in [0.05, 0.1) is 6.42 Å². The molecule has 31 heavy (non-hydrogen) atoms. The lowest BCUT2D eigenvalue weighted by atomic mass is 9.81. The van der Waals surface area contributed by atoms with Crippen LogP contribution < -0.4 is 0 Å².